The summed E-state index contributed by atoms with van der Waals surface area (Å²) >= 11 is 0. The molecule has 0 saturated heterocycles. The maximum atomic E-state index is 3.83. The van der Waals surface area contributed by atoms with Crippen LogP contribution in [0, 0.1) is 17.3 Å². The van der Waals surface area contributed by atoms with Gasteiger partial charge in [0.15, 0.2) is 0 Å². The van der Waals surface area contributed by atoms with Gasteiger partial charge >= 0.3 is 0 Å². The Kier molecular flexibility index (Phi) is 3.85. The quantitative estimate of drug-likeness (QED) is 0.539. The first kappa shape index (κ1) is 10.7. The van der Waals surface area contributed by atoms with E-state index in [4.69, 9.17) is 0 Å². The molecule has 0 heterocycles. The van der Waals surface area contributed by atoms with Gasteiger partial charge in [-0.25, -0.2) is 0 Å². The van der Waals surface area contributed by atoms with Gasteiger partial charge in [0.2, 0.25) is 0 Å². The Morgan fingerprint density at radius 3 is 2.00 bits per heavy atom. The van der Waals surface area contributed by atoms with E-state index in [2.05, 4.69) is 47.3 Å². The molecular weight excluding hydrogens is 132 g/mol. The highest BCUT2D eigenvalue weighted by molar-refractivity contribution is 4.87. The Bertz CT molecular complexity index is 120. The van der Waals surface area contributed by atoms with Crippen molar-refractivity contribution in [3.8, 4) is 0 Å². The van der Waals surface area contributed by atoms with Gasteiger partial charge in [-0.2, -0.15) is 0 Å². The molecule has 0 heteroatoms. The molecule has 0 N–H and O–H groups in total. The first-order valence-corrected chi connectivity index (χ1v) is 4.52. The van der Waals surface area contributed by atoms with Crippen molar-refractivity contribution in [2.45, 2.75) is 41.0 Å². The highest BCUT2D eigenvalue weighted by atomic mass is 14.3. The monoisotopic (exact) mass is 154 g/mol. The first-order valence-electron chi connectivity index (χ1n) is 4.52. The van der Waals surface area contributed by atoms with Crippen LogP contribution in [-0.4, -0.2) is 0 Å². The van der Waals surface area contributed by atoms with Crippen LogP contribution in [0.1, 0.15) is 41.0 Å². The van der Waals surface area contributed by atoms with Crippen molar-refractivity contribution in [2.24, 2.45) is 17.3 Å². The van der Waals surface area contributed by atoms with Crippen LogP contribution < -0.4 is 0 Å². The molecule has 0 radical (unpaired) electrons. The zero-order valence-corrected chi connectivity index (χ0v) is 8.65. The normalized spacial score (nSPS) is 15.1. The maximum Gasteiger partial charge on any atom is -0.0213 e. The minimum Gasteiger partial charge on any atom is -0.103 e. The summed E-state index contributed by atoms with van der Waals surface area (Å²) in [5, 5.41) is 0. The average Bonchev–Trinajstić information content (AvgIpc) is 1.83. The summed E-state index contributed by atoms with van der Waals surface area (Å²) in [5.74, 6) is 1.40. The van der Waals surface area contributed by atoms with Crippen LogP contribution in [0.4, 0.5) is 0 Å². The average molecular weight is 154 g/mol. The largest absolute Gasteiger partial charge is 0.103 e. The first-order chi connectivity index (χ1) is 4.90. The lowest BCUT2D eigenvalue weighted by Crippen LogP contribution is -2.21. The van der Waals surface area contributed by atoms with Crippen molar-refractivity contribution in [3.63, 3.8) is 0 Å². The zero-order chi connectivity index (χ0) is 9.07. The molecule has 0 aromatic carbocycles. The Morgan fingerprint density at radius 1 is 1.27 bits per heavy atom. The molecule has 0 rings (SSSR count). The minimum atomic E-state index is 0.413. The van der Waals surface area contributed by atoms with E-state index in [1.54, 1.807) is 0 Å². The van der Waals surface area contributed by atoms with Crippen LogP contribution in [-0.2, 0) is 0 Å². The molecule has 1 atom stereocenters. The molecule has 0 aromatic heterocycles. The summed E-state index contributed by atoms with van der Waals surface area (Å²) in [7, 11) is 0. The van der Waals surface area contributed by atoms with Crippen LogP contribution in [0.25, 0.3) is 0 Å². The molecule has 0 aliphatic rings. The predicted molar refractivity (Wildman–Crippen MR) is 52.6 cm³/mol. The number of allylic oxidation sites excluding steroid dienone is 1. The number of hydrogen-bond donors (Lipinski definition) is 0. The molecule has 0 aliphatic heterocycles. The summed E-state index contributed by atoms with van der Waals surface area (Å²) in [6.07, 6.45) is 3.34. The van der Waals surface area contributed by atoms with Gasteiger partial charge in [0.05, 0.1) is 0 Å². The van der Waals surface area contributed by atoms with Crippen LogP contribution in [0.2, 0.25) is 0 Å². The van der Waals surface area contributed by atoms with E-state index in [1.165, 1.54) is 6.42 Å². The highest BCUT2D eigenvalue weighted by Gasteiger charge is 2.24. The lowest BCUT2D eigenvalue weighted by atomic mass is 9.74. The number of hydrogen-bond acceptors (Lipinski definition) is 0. The van der Waals surface area contributed by atoms with Gasteiger partial charge in [-0.1, -0.05) is 40.7 Å². The molecule has 0 spiro atoms. The Labute approximate surface area is 71.7 Å². The maximum absolute atomic E-state index is 3.83. The van der Waals surface area contributed by atoms with Crippen LogP contribution in [0.5, 0.6) is 0 Å². The van der Waals surface area contributed by atoms with E-state index in [1.807, 2.05) is 0 Å². The van der Waals surface area contributed by atoms with Crippen molar-refractivity contribution in [1.29, 1.82) is 0 Å². The van der Waals surface area contributed by atoms with Crippen molar-refractivity contribution in [1.82, 2.24) is 0 Å². The standard InChI is InChI=1S/C11H22/c1-7-10(4)11(5,6)8-9(2)3/h7,9-10H,1,8H2,2-6H3. The topological polar surface area (TPSA) is 0 Å². The highest BCUT2D eigenvalue weighted by Crippen LogP contribution is 2.33. The van der Waals surface area contributed by atoms with Gasteiger partial charge in [-0.05, 0) is 23.7 Å². The SMILES string of the molecule is C=CC(C)C(C)(C)CC(C)C. The van der Waals surface area contributed by atoms with Crippen LogP contribution >= 0.6 is 0 Å². The lowest BCUT2D eigenvalue weighted by Gasteiger charge is -2.31. The molecule has 66 valence electrons. The van der Waals surface area contributed by atoms with Crippen LogP contribution in [0.15, 0.2) is 12.7 Å². The summed E-state index contributed by atoms with van der Waals surface area (Å²) in [6, 6.07) is 0. The molecule has 1 unspecified atom stereocenters. The van der Waals surface area contributed by atoms with Crippen LogP contribution in [0.3, 0.4) is 0 Å². The van der Waals surface area contributed by atoms with Gasteiger partial charge in [-0.3, -0.25) is 0 Å². The Hall–Kier alpha value is -0.260. The molecule has 0 nitrogen and oxygen atoms in total. The Balaban J connectivity index is 4.08. The molecule has 0 fully saturated rings. The summed E-state index contributed by atoms with van der Waals surface area (Å²) in [4.78, 5) is 0. The smallest absolute Gasteiger partial charge is 0.0213 e. The van der Waals surface area contributed by atoms with Gasteiger partial charge in [-0.15, -0.1) is 6.58 Å². The van der Waals surface area contributed by atoms with Gasteiger partial charge in [0, 0.05) is 0 Å². The van der Waals surface area contributed by atoms with Crippen molar-refractivity contribution < 1.29 is 0 Å². The van der Waals surface area contributed by atoms with Crippen molar-refractivity contribution >= 4 is 0 Å². The summed E-state index contributed by atoms with van der Waals surface area (Å²) in [6.45, 7) is 15.3. The fourth-order valence-electron chi connectivity index (χ4n) is 1.56. The number of rotatable bonds is 4. The fourth-order valence-corrected chi connectivity index (χ4v) is 1.56. The van der Waals surface area contributed by atoms with Gasteiger partial charge in [0.25, 0.3) is 0 Å². The summed E-state index contributed by atoms with van der Waals surface area (Å²) in [5.41, 5.74) is 0.413. The third-order valence-corrected chi connectivity index (χ3v) is 2.52. The second-order valence-corrected chi connectivity index (χ2v) is 4.61. The van der Waals surface area contributed by atoms with E-state index in [0.29, 0.717) is 11.3 Å². The van der Waals surface area contributed by atoms with Crippen molar-refractivity contribution in [3.05, 3.63) is 12.7 Å². The second-order valence-electron chi connectivity index (χ2n) is 4.61. The molecule has 0 aliphatic carbocycles. The predicted octanol–water partition coefficient (Wildman–Crippen LogP) is 3.88. The van der Waals surface area contributed by atoms with E-state index in [9.17, 15) is 0 Å². The molecule has 0 bridgehead atoms. The van der Waals surface area contributed by atoms with E-state index in [-0.39, 0.29) is 0 Å². The zero-order valence-electron chi connectivity index (χ0n) is 8.65. The van der Waals surface area contributed by atoms with Gasteiger partial charge < -0.3 is 0 Å². The van der Waals surface area contributed by atoms with Gasteiger partial charge in [0.1, 0.15) is 0 Å². The molecule has 0 amide bonds. The van der Waals surface area contributed by atoms with E-state index >= 15 is 0 Å². The molecule has 11 heavy (non-hydrogen) atoms. The third kappa shape index (κ3) is 3.60. The molecule has 0 saturated carbocycles. The molecule has 0 aromatic rings. The Morgan fingerprint density at radius 2 is 1.73 bits per heavy atom. The molecular formula is C11H22. The fraction of sp³-hybridized carbons (Fsp3) is 0.818. The second kappa shape index (κ2) is 3.94. The third-order valence-electron chi connectivity index (χ3n) is 2.52. The van der Waals surface area contributed by atoms with Crippen molar-refractivity contribution in [2.75, 3.05) is 0 Å². The van der Waals surface area contributed by atoms with E-state index in [0.717, 1.165) is 5.92 Å². The lowest BCUT2D eigenvalue weighted by molar-refractivity contribution is 0.221. The van der Waals surface area contributed by atoms with E-state index < -0.39 is 0 Å². The minimum absolute atomic E-state index is 0.413. The summed E-state index contributed by atoms with van der Waals surface area (Å²) < 4.78 is 0.